The molecule has 1 amide bonds. The zero-order valence-corrected chi connectivity index (χ0v) is 15.3. The van der Waals surface area contributed by atoms with E-state index in [1.54, 1.807) is 49.5 Å². The summed E-state index contributed by atoms with van der Waals surface area (Å²) in [5, 5.41) is 2.81. The van der Waals surface area contributed by atoms with Crippen molar-refractivity contribution in [1.82, 2.24) is 4.98 Å². The average molecular weight is 372 g/mol. The van der Waals surface area contributed by atoms with E-state index in [4.69, 9.17) is 9.47 Å². The number of anilines is 1. The maximum absolute atomic E-state index is 12.6. The fourth-order valence-corrected chi connectivity index (χ4v) is 3.62. The van der Waals surface area contributed by atoms with E-state index in [1.807, 2.05) is 11.8 Å². The zero-order valence-electron chi connectivity index (χ0n) is 14.4. The van der Waals surface area contributed by atoms with Crippen LogP contribution in [0.3, 0.4) is 0 Å². The standard InChI is InChI=1S/C19H20N2O4S/c1-2-24-19(23)13-5-7-14(8-6-13)21-17(22)16-4-3-10-20-18(16)25-15-9-11-26-12-15/h3-8,10,15H,2,9,11-12H2,1H3,(H,21,22)/t15-/m0/s1. The predicted molar refractivity (Wildman–Crippen MR) is 101 cm³/mol. The molecule has 3 rings (SSSR count). The van der Waals surface area contributed by atoms with E-state index in [0.29, 0.717) is 29.3 Å². The number of thioether (sulfide) groups is 1. The number of esters is 1. The normalized spacial score (nSPS) is 16.1. The molecule has 2 heterocycles. The summed E-state index contributed by atoms with van der Waals surface area (Å²) in [6.45, 7) is 2.07. The Morgan fingerprint density at radius 3 is 2.77 bits per heavy atom. The third-order valence-corrected chi connectivity index (χ3v) is 4.97. The molecule has 0 aliphatic carbocycles. The molecular formula is C19H20N2O4S. The highest BCUT2D eigenvalue weighted by Crippen LogP contribution is 2.24. The summed E-state index contributed by atoms with van der Waals surface area (Å²) in [5.41, 5.74) is 1.40. The lowest BCUT2D eigenvalue weighted by atomic mass is 10.2. The molecule has 1 aliphatic rings. The van der Waals surface area contributed by atoms with Crippen LogP contribution in [-0.2, 0) is 4.74 Å². The molecule has 0 saturated carbocycles. The van der Waals surface area contributed by atoms with Gasteiger partial charge in [-0.3, -0.25) is 4.79 Å². The molecule has 6 nitrogen and oxygen atoms in total. The number of aromatic nitrogens is 1. The number of ether oxygens (including phenoxy) is 2. The first-order valence-corrected chi connectivity index (χ1v) is 9.61. The summed E-state index contributed by atoms with van der Waals surface area (Å²) in [7, 11) is 0. The molecule has 1 N–H and O–H groups in total. The smallest absolute Gasteiger partial charge is 0.338 e. The lowest BCUT2D eigenvalue weighted by Gasteiger charge is -2.14. The van der Waals surface area contributed by atoms with Crippen LogP contribution in [0.5, 0.6) is 5.88 Å². The summed E-state index contributed by atoms with van der Waals surface area (Å²) in [5.74, 6) is 1.63. The van der Waals surface area contributed by atoms with Gasteiger partial charge in [0.25, 0.3) is 5.91 Å². The van der Waals surface area contributed by atoms with Crippen molar-refractivity contribution in [3.63, 3.8) is 0 Å². The highest BCUT2D eigenvalue weighted by Gasteiger charge is 2.21. The van der Waals surface area contributed by atoms with Crippen LogP contribution in [0.15, 0.2) is 42.6 Å². The molecular weight excluding hydrogens is 352 g/mol. The second kappa shape index (κ2) is 8.71. The highest BCUT2D eigenvalue weighted by molar-refractivity contribution is 7.99. The molecule has 26 heavy (non-hydrogen) atoms. The monoisotopic (exact) mass is 372 g/mol. The van der Waals surface area contributed by atoms with Crippen LogP contribution in [0.1, 0.15) is 34.1 Å². The van der Waals surface area contributed by atoms with Crippen molar-refractivity contribution in [2.75, 3.05) is 23.4 Å². The minimum atomic E-state index is -0.386. The summed E-state index contributed by atoms with van der Waals surface area (Å²) in [4.78, 5) is 28.5. The van der Waals surface area contributed by atoms with Crippen LogP contribution in [0.25, 0.3) is 0 Å². The van der Waals surface area contributed by atoms with Gasteiger partial charge in [-0.25, -0.2) is 9.78 Å². The number of benzene rings is 1. The SMILES string of the molecule is CCOC(=O)c1ccc(NC(=O)c2cccnc2O[C@H]2CCSC2)cc1. The van der Waals surface area contributed by atoms with E-state index in [9.17, 15) is 9.59 Å². The van der Waals surface area contributed by atoms with E-state index in [1.165, 1.54) is 0 Å². The van der Waals surface area contributed by atoms with Gasteiger partial charge in [0.2, 0.25) is 5.88 Å². The first-order valence-electron chi connectivity index (χ1n) is 8.45. The number of carbonyl (C=O) groups is 2. The van der Waals surface area contributed by atoms with E-state index in [0.717, 1.165) is 17.9 Å². The minimum absolute atomic E-state index is 0.0883. The van der Waals surface area contributed by atoms with Crippen molar-refractivity contribution in [1.29, 1.82) is 0 Å². The van der Waals surface area contributed by atoms with Gasteiger partial charge in [0.1, 0.15) is 11.7 Å². The van der Waals surface area contributed by atoms with Gasteiger partial charge in [-0.05, 0) is 55.5 Å². The largest absolute Gasteiger partial charge is 0.473 e. The van der Waals surface area contributed by atoms with Crippen LogP contribution in [0, 0.1) is 0 Å². The van der Waals surface area contributed by atoms with E-state index < -0.39 is 0 Å². The van der Waals surface area contributed by atoms with Crippen LogP contribution in [0.2, 0.25) is 0 Å². The van der Waals surface area contributed by atoms with Crippen LogP contribution >= 0.6 is 11.8 Å². The maximum atomic E-state index is 12.6. The van der Waals surface area contributed by atoms with Crippen LogP contribution < -0.4 is 10.1 Å². The van der Waals surface area contributed by atoms with Gasteiger partial charge in [-0.1, -0.05) is 0 Å². The van der Waals surface area contributed by atoms with Gasteiger partial charge >= 0.3 is 5.97 Å². The fraction of sp³-hybridized carbons (Fsp3) is 0.316. The quantitative estimate of drug-likeness (QED) is 0.783. The highest BCUT2D eigenvalue weighted by atomic mass is 32.2. The lowest BCUT2D eigenvalue weighted by molar-refractivity contribution is 0.0526. The second-order valence-electron chi connectivity index (χ2n) is 5.71. The Balaban J connectivity index is 1.69. The molecule has 2 aromatic rings. The number of amides is 1. The average Bonchev–Trinajstić information content (AvgIpc) is 3.16. The molecule has 0 radical (unpaired) electrons. The molecule has 1 aromatic heterocycles. The van der Waals surface area contributed by atoms with Gasteiger partial charge in [-0.15, -0.1) is 0 Å². The third-order valence-electron chi connectivity index (χ3n) is 3.84. The van der Waals surface area contributed by atoms with Gasteiger partial charge in [0.05, 0.1) is 12.2 Å². The van der Waals surface area contributed by atoms with Crippen LogP contribution in [-0.4, -0.2) is 41.1 Å². The summed E-state index contributed by atoms with van der Waals surface area (Å²) in [6.07, 6.45) is 2.66. The van der Waals surface area contributed by atoms with Crippen molar-refractivity contribution in [3.8, 4) is 5.88 Å². The lowest BCUT2D eigenvalue weighted by Crippen LogP contribution is -2.20. The van der Waals surface area contributed by atoms with Gasteiger partial charge in [0.15, 0.2) is 0 Å². The molecule has 1 aromatic carbocycles. The molecule has 1 saturated heterocycles. The number of hydrogen-bond donors (Lipinski definition) is 1. The first-order chi connectivity index (χ1) is 12.7. The Labute approximate surface area is 156 Å². The topological polar surface area (TPSA) is 77.5 Å². The number of rotatable bonds is 6. The number of nitrogens with zero attached hydrogens (tertiary/aromatic N) is 1. The number of nitrogens with one attached hydrogen (secondary N) is 1. The van der Waals surface area contributed by atoms with Crippen molar-refractivity contribution >= 4 is 29.3 Å². The predicted octanol–water partition coefficient (Wildman–Crippen LogP) is 3.39. The fourth-order valence-electron chi connectivity index (χ4n) is 2.52. The Hall–Kier alpha value is -2.54. The molecule has 1 fully saturated rings. The third kappa shape index (κ3) is 4.54. The van der Waals surface area contributed by atoms with Gasteiger partial charge < -0.3 is 14.8 Å². The van der Waals surface area contributed by atoms with Crippen molar-refractivity contribution in [2.24, 2.45) is 0 Å². The summed E-state index contributed by atoms with van der Waals surface area (Å²) in [6, 6.07) is 9.94. The number of pyridine rings is 1. The van der Waals surface area contributed by atoms with E-state index in [2.05, 4.69) is 10.3 Å². The van der Waals surface area contributed by atoms with Gasteiger partial charge in [-0.2, -0.15) is 11.8 Å². The van der Waals surface area contributed by atoms with Crippen molar-refractivity contribution in [3.05, 3.63) is 53.7 Å². The molecule has 0 spiro atoms. The van der Waals surface area contributed by atoms with E-state index in [-0.39, 0.29) is 18.0 Å². The van der Waals surface area contributed by atoms with Gasteiger partial charge in [0, 0.05) is 17.6 Å². The Morgan fingerprint density at radius 1 is 1.27 bits per heavy atom. The molecule has 1 aliphatic heterocycles. The second-order valence-corrected chi connectivity index (χ2v) is 6.86. The molecule has 1 atom stereocenters. The molecule has 0 bridgehead atoms. The van der Waals surface area contributed by atoms with Crippen molar-refractivity contribution in [2.45, 2.75) is 19.4 Å². The molecule has 7 heteroatoms. The van der Waals surface area contributed by atoms with E-state index >= 15 is 0 Å². The molecule has 136 valence electrons. The minimum Gasteiger partial charge on any atom is -0.473 e. The number of carbonyl (C=O) groups excluding carboxylic acids is 2. The van der Waals surface area contributed by atoms with Crippen LogP contribution in [0.4, 0.5) is 5.69 Å². The summed E-state index contributed by atoms with van der Waals surface area (Å²) < 4.78 is 10.8. The first kappa shape index (κ1) is 18.3. The molecule has 0 unspecified atom stereocenters. The Morgan fingerprint density at radius 2 is 2.08 bits per heavy atom. The summed E-state index contributed by atoms with van der Waals surface area (Å²) >= 11 is 1.83. The Bertz CT molecular complexity index is 773. The Kier molecular flexibility index (Phi) is 6.12. The number of hydrogen-bond acceptors (Lipinski definition) is 6. The maximum Gasteiger partial charge on any atom is 0.338 e. The zero-order chi connectivity index (χ0) is 18.4. The van der Waals surface area contributed by atoms with Crippen molar-refractivity contribution < 1.29 is 19.1 Å².